The first-order valence-corrected chi connectivity index (χ1v) is 8.20. The summed E-state index contributed by atoms with van der Waals surface area (Å²) in [6.45, 7) is 5.97. The van der Waals surface area contributed by atoms with Crippen molar-refractivity contribution in [3.8, 4) is 0 Å². The maximum absolute atomic E-state index is 11.5. The smallest absolute Gasteiger partial charge is 0.305 e. The van der Waals surface area contributed by atoms with Crippen molar-refractivity contribution < 1.29 is 14.3 Å². The molecule has 0 spiro atoms. The van der Waals surface area contributed by atoms with Gasteiger partial charge in [0.05, 0.1) is 19.8 Å². The Labute approximate surface area is 133 Å². The highest BCUT2D eigenvalue weighted by Gasteiger charge is 2.29. The Morgan fingerprint density at radius 1 is 1.36 bits per heavy atom. The molecule has 1 aliphatic heterocycles. The number of ether oxygens (including phenoxy) is 2. The molecule has 0 aliphatic carbocycles. The predicted octanol–water partition coefficient (Wildman–Crippen LogP) is 3.04. The summed E-state index contributed by atoms with van der Waals surface area (Å²) in [7, 11) is 1.45. The number of carbonyl (C=O) groups is 1. The summed E-state index contributed by atoms with van der Waals surface area (Å²) in [6, 6.07) is 10.3. The summed E-state index contributed by atoms with van der Waals surface area (Å²) in [4.78, 5) is 14.0. The first-order chi connectivity index (χ1) is 10.7. The average molecular weight is 305 g/mol. The van der Waals surface area contributed by atoms with E-state index in [1.807, 2.05) is 18.2 Å². The Kier molecular flexibility index (Phi) is 6.87. The summed E-state index contributed by atoms with van der Waals surface area (Å²) in [5.74, 6) is 0.175. The van der Waals surface area contributed by atoms with Crippen LogP contribution in [0.5, 0.6) is 0 Å². The molecule has 0 radical (unpaired) electrons. The van der Waals surface area contributed by atoms with Crippen LogP contribution in [0.2, 0.25) is 0 Å². The van der Waals surface area contributed by atoms with E-state index >= 15 is 0 Å². The minimum absolute atomic E-state index is 0.0627. The Morgan fingerprint density at radius 2 is 2.14 bits per heavy atom. The maximum Gasteiger partial charge on any atom is 0.305 e. The monoisotopic (exact) mass is 305 g/mol. The van der Waals surface area contributed by atoms with Crippen LogP contribution in [-0.2, 0) is 14.3 Å². The lowest BCUT2D eigenvalue weighted by atomic mass is 9.91. The molecular formula is C18H27NO3. The minimum atomic E-state index is -0.141. The van der Waals surface area contributed by atoms with E-state index in [1.165, 1.54) is 12.7 Å². The second-order valence-electron chi connectivity index (χ2n) is 5.88. The number of rotatable bonds is 6. The largest absolute Gasteiger partial charge is 0.469 e. The van der Waals surface area contributed by atoms with Crippen LogP contribution >= 0.6 is 0 Å². The lowest BCUT2D eigenvalue weighted by molar-refractivity contribution is -0.141. The number of esters is 1. The molecule has 1 aromatic carbocycles. The van der Waals surface area contributed by atoms with Crippen molar-refractivity contribution in [2.45, 2.75) is 32.3 Å². The van der Waals surface area contributed by atoms with Gasteiger partial charge in [-0.05, 0) is 24.9 Å². The number of hydrogen-bond acceptors (Lipinski definition) is 4. The molecule has 0 N–H and O–H groups in total. The van der Waals surface area contributed by atoms with Crippen molar-refractivity contribution in [2.75, 3.05) is 33.4 Å². The SMILES string of the molecule is CCCN1CCOC(c2ccccc2)C(CCC(=O)OC)C1. The van der Waals surface area contributed by atoms with Gasteiger partial charge in [-0.3, -0.25) is 4.79 Å². The molecule has 0 aromatic heterocycles. The van der Waals surface area contributed by atoms with E-state index in [2.05, 4.69) is 24.0 Å². The normalized spacial score (nSPS) is 23.0. The Morgan fingerprint density at radius 3 is 2.82 bits per heavy atom. The molecule has 1 fully saturated rings. The van der Waals surface area contributed by atoms with E-state index in [4.69, 9.17) is 9.47 Å². The number of methoxy groups -OCH3 is 1. The fourth-order valence-electron chi connectivity index (χ4n) is 3.14. The molecule has 2 rings (SSSR count). The van der Waals surface area contributed by atoms with E-state index in [-0.39, 0.29) is 12.1 Å². The number of nitrogens with zero attached hydrogens (tertiary/aromatic N) is 1. The molecule has 0 amide bonds. The Bertz CT molecular complexity index is 449. The van der Waals surface area contributed by atoms with Gasteiger partial charge in [0.25, 0.3) is 0 Å². The van der Waals surface area contributed by atoms with Crippen LogP contribution in [0.4, 0.5) is 0 Å². The quantitative estimate of drug-likeness (QED) is 0.757. The summed E-state index contributed by atoms with van der Waals surface area (Å²) in [5.41, 5.74) is 1.20. The fourth-order valence-corrected chi connectivity index (χ4v) is 3.14. The van der Waals surface area contributed by atoms with Crippen molar-refractivity contribution in [3.63, 3.8) is 0 Å². The summed E-state index contributed by atoms with van der Waals surface area (Å²) in [5, 5.41) is 0. The molecule has 1 saturated heterocycles. The summed E-state index contributed by atoms with van der Waals surface area (Å²) in [6.07, 6.45) is 2.45. The van der Waals surface area contributed by atoms with Crippen LogP contribution in [0.25, 0.3) is 0 Å². The number of carbonyl (C=O) groups excluding carboxylic acids is 1. The lowest BCUT2D eigenvalue weighted by Crippen LogP contribution is -2.31. The second kappa shape index (κ2) is 8.91. The highest BCUT2D eigenvalue weighted by molar-refractivity contribution is 5.69. The van der Waals surface area contributed by atoms with E-state index < -0.39 is 0 Å². The molecule has 1 heterocycles. The first kappa shape index (κ1) is 17.0. The molecule has 0 bridgehead atoms. The molecular weight excluding hydrogens is 278 g/mol. The third-order valence-electron chi connectivity index (χ3n) is 4.24. The molecule has 4 nitrogen and oxygen atoms in total. The zero-order chi connectivity index (χ0) is 15.8. The topological polar surface area (TPSA) is 38.8 Å². The van der Waals surface area contributed by atoms with Crippen molar-refractivity contribution >= 4 is 5.97 Å². The third kappa shape index (κ3) is 4.82. The zero-order valence-corrected chi connectivity index (χ0v) is 13.7. The minimum Gasteiger partial charge on any atom is -0.469 e. The van der Waals surface area contributed by atoms with E-state index in [0.29, 0.717) is 12.3 Å². The molecule has 0 saturated carbocycles. The summed E-state index contributed by atoms with van der Waals surface area (Å²) < 4.78 is 10.9. The van der Waals surface area contributed by atoms with Gasteiger partial charge >= 0.3 is 5.97 Å². The van der Waals surface area contributed by atoms with Crippen molar-refractivity contribution in [1.29, 1.82) is 0 Å². The van der Waals surface area contributed by atoms with Gasteiger partial charge in [0.1, 0.15) is 0 Å². The molecule has 2 unspecified atom stereocenters. The molecule has 2 atom stereocenters. The molecule has 22 heavy (non-hydrogen) atoms. The van der Waals surface area contributed by atoms with Crippen LogP contribution in [0.1, 0.15) is 37.9 Å². The zero-order valence-electron chi connectivity index (χ0n) is 13.7. The maximum atomic E-state index is 11.5. The molecule has 1 aromatic rings. The average Bonchev–Trinajstić information content (AvgIpc) is 2.76. The van der Waals surface area contributed by atoms with Crippen molar-refractivity contribution in [2.24, 2.45) is 5.92 Å². The number of hydrogen-bond donors (Lipinski definition) is 0. The van der Waals surface area contributed by atoms with Gasteiger partial charge in [-0.2, -0.15) is 0 Å². The summed E-state index contributed by atoms with van der Waals surface area (Å²) >= 11 is 0. The van der Waals surface area contributed by atoms with E-state index in [1.54, 1.807) is 0 Å². The standard InChI is InChI=1S/C18H27NO3/c1-3-11-19-12-13-22-18(15-7-5-4-6-8-15)16(14-19)9-10-17(20)21-2/h4-8,16,18H,3,9-14H2,1-2H3. The van der Waals surface area contributed by atoms with Crippen LogP contribution in [0, 0.1) is 5.92 Å². The van der Waals surface area contributed by atoms with Gasteiger partial charge in [-0.1, -0.05) is 37.3 Å². The Balaban J connectivity index is 2.11. The molecule has 122 valence electrons. The van der Waals surface area contributed by atoms with Gasteiger partial charge in [-0.25, -0.2) is 0 Å². The molecule has 4 heteroatoms. The molecule has 1 aliphatic rings. The third-order valence-corrected chi connectivity index (χ3v) is 4.24. The van der Waals surface area contributed by atoms with Gasteiger partial charge in [0.15, 0.2) is 0 Å². The lowest BCUT2D eigenvalue weighted by Gasteiger charge is -2.27. The number of benzene rings is 1. The van der Waals surface area contributed by atoms with Crippen LogP contribution in [0.3, 0.4) is 0 Å². The predicted molar refractivity (Wildman–Crippen MR) is 86.6 cm³/mol. The second-order valence-corrected chi connectivity index (χ2v) is 5.88. The van der Waals surface area contributed by atoms with Crippen LogP contribution in [0.15, 0.2) is 30.3 Å². The van der Waals surface area contributed by atoms with Crippen molar-refractivity contribution in [1.82, 2.24) is 4.90 Å². The van der Waals surface area contributed by atoms with Gasteiger partial charge < -0.3 is 14.4 Å². The van der Waals surface area contributed by atoms with Gasteiger partial charge in [0, 0.05) is 25.4 Å². The van der Waals surface area contributed by atoms with Gasteiger partial charge in [-0.15, -0.1) is 0 Å². The van der Waals surface area contributed by atoms with Crippen LogP contribution < -0.4 is 0 Å². The van der Waals surface area contributed by atoms with Crippen LogP contribution in [-0.4, -0.2) is 44.2 Å². The van der Waals surface area contributed by atoms with E-state index in [9.17, 15) is 4.79 Å². The highest BCUT2D eigenvalue weighted by Crippen LogP contribution is 2.32. The first-order valence-electron chi connectivity index (χ1n) is 8.20. The highest BCUT2D eigenvalue weighted by atomic mass is 16.5. The van der Waals surface area contributed by atoms with E-state index in [0.717, 1.165) is 39.1 Å². The fraction of sp³-hybridized carbons (Fsp3) is 0.611. The van der Waals surface area contributed by atoms with Gasteiger partial charge in [0.2, 0.25) is 0 Å². The van der Waals surface area contributed by atoms with Crippen molar-refractivity contribution in [3.05, 3.63) is 35.9 Å². The Hall–Kier alpha value is -1.39.